The van der Waals surface area contributed by atoms with Crippen molar-refractivity contribution in [1.29, 1.82) is 0 Å². The summed E-state index contributed by atoms with van der Waals surface area (Å²) in [6.45, 7) is 4.19. The molecule has 2 aliphatic heterocycles. The molecule has 1 aliphatic carbocycles. The number of rotatable bonds is 8. The van der Waals surface area contributed by atoms with Gasteiger partial charge >= 0.3 is 0 Å². The Kier molecular flexibility index (Phi) is 6.79. The number of nitrogens with two attached hydrogens (primary N) is 1. The molecule has 0 saturated heterocycles. The molecule has 3 aromatic rings. The monoisotopic (exact) mass is 571 g/mol. The van der Waals surface area contributed by atoms with Gasteiger partial charge in [0.15, 0.2) is 0 Å². The van der Waals surface area contributed by atoms with Gasteiger partial charge < -0.3 is 20.5 Å². The van der Waals surface area contributed by atoms with Crippen LogP contribution in [0.25, 0.3) is 17.3 Å². The van der Waals surface area contributed by atoms with E-state index < -0.39 is 11.3 Å². The minimum Gasteiger partial charge on any atom is -0.494 e. The Morgan fingerprint density at radius 3 is 2.67 bits per heavy atom. The third-order valence-electron chi connectivity index (χ3n) is 8.60. The molecule has 6 rings (SSSR count). The second kappa shape index (κ2) is 10.3. The Morgan fingerprint density at radius 2 is 2.00 bits per heavy atom. The second-order valence-corrected chi connectivity index (χ2v) is 11.5. The van der Waals surface area contributed by atoms with Gasteiger partial charge in [-0.2, -0.15) is 0 Å². The summed E-state index contributed by atoms with van der Waals surface area (Å²) >= 11 is 0. The van der Waals surface area contributed by atoms with E-state index in [2.05, 4.69) is 10.7 Å². The fraction of sp³-hybridized carbons (Fsp3) is 0.344. The van der Waals surface area contributed by atoms with Crippen LogP contribution in [0.3, 0.4) is 0 Å². The van der Waals surface area contributed by atoms with Crippen molar-refractivity contribution < 1.29 is 23.5 Å². The van der Waals surface area contributed by atoms with E-state index in [9.17, 15) is 14.0 Å². The number of hydrazine groups is 1. The molecule has 2 aromatic carbocycles. The molecular weight excluding hydrogens is 537 g/mol. The van der Waals surface area contributed by atoms with Gasteiger partial charge in [-0.25, -0.2) is 9.37 Å². The van der Waals surface area contributed by atoms with E-state index in [1.165, 1.54) is 12.1 Å². The van der Waals surface area contributed by atoms with Crippen LogP contribution in [0.2, 0.25) is 0 Å². The van der Waals surface area contributed by atoms with E-state index in [1.54, 1.807) is 32.2 Å². The number of nitrogens with zero attached hydrogens (tertiary/aromatic N) is 2. The number of primary amides is 1. The van der Waals surface area contributed by atoms with Crippen LogP contribution in [-0.2, 0) is 10.2 Å². The Balaban J connectivity index is 1.33. The fourth-order valence-electron chi connectivity index (χ4n) is 5.66. The normalized spacial score (nSPS) is 19.5. The number of carbonyl (C=O) groups is 2. The van der Waals surface area contributed by atoms with Crippen LogP contribution in [-0.4, -0.2) is 49.1 Å². The van der Waals surface area contributed by atoms with E-state index in [1.807, 2.05) is 37.2 Å². The highest BCUT2D eigenvalue weighted by Gasteiger charge is 2.45. The zero-order valence-electron chi connectivity index (χ0n) is 24.1. The van der Waals surface area contributed by atoms with Gasteiger partial charge in [0, 0.05) is 53.2 Å². The van der Waals surface area contributed by atoms with Gasteiger partial charge in [0.2, 0.25) is 5.91 Å². The zero-order chi connectivity index (χ0) is 29.8. The molecule has 9 nitrogen and oxygen atoms in total. The Morgan fingerprint density at radius 1 is 1.26 bits per heavy atom. The number of hydrogen-bond acceptors (Lipinski definition) is 7. The molecule has 3 aliphatic rings. The smallest absolute Gasteiger partial charge is 0.251 e. The summed E-state index contributed by atoms with van der Waals surface area (Å²) in [5, 5.41) is 5.01. The summed E-state index contributed by atoms with van der Waals surface area (Å²) in [6, 6.07) is 11.5. The van der Waals surface area contributed by atoms with Crippen molar-refractivity contribution in [2.24, 2.45) is 11.7 Å². The van der Waals surface area contributed by atoms with Crippen LogP contribution in [0.4, 0.5) is 10.1 Å². The predicted molar refractivity (Wildman–Crippen MR) is 158 cm³/mol. The lowest BCUT2D eigenvalue weighted by molar-refractivity contribution is -0.123. The van der Waals surface area contributed by atoms with Crippen LogP contribution in [0, 0.1) is 11.7 Å². The lowest BCUT2D eigenvalue weighted by Gasteiger charge is -2.29. The highest BCUT2D eigenvalue weighted by molar-refractivity contribution is 5.97. The molecule has 42 heavy (non-hydrogen) atoms. The molecule has 2 atom stereocenters. The summed E-state index contributed by atoms with van der Waals surface area (Å²) in [7, 11) is 3.49. The number of anilines is 1. The molecule has 0 radical (unpaired) electrons. The van der Waals surface area contributed by atoms with Gasteiger partial charge in [-0.05, 0) is 81.1 Å². The summed E-state index contributed by atoms with van der Waals surface area (Å²) in [5.41, 5.74) is 13.8. The molecule has 0 unspecified atom stereocenters. The average Bonchev–Trinajstić information content (AvgIpc) is 3.75. The number of hydrogen-bond donors (Lipinski definition) is 3. The van der Waals surface area contributed by atoms with Crippen LogP contribution < -0.4 is 25.9 Å². The molecule has 0 spiro atoms. The molecule has 4 N–H and O–H groups in total. The van der Waals surface area contributed by atoms with Crippen LogP contribution in [0.1, 0.15) is 59.8 Å². The van der Waals surface area contributed by atoms with Gasteiger partial charge in [0.1, 0.15) is 40.7 Å². The van der Waals surface area contributed by atoms with Gasteiger partial charge in [0.05, 0.1) is 7.11 Å². The van der Waals surface area contributed by atoms with Gasteiger partial charge in [-0.1, -0.05) is 0 Å². The lowest BCUT2D eigenvalue weighted by Crippen LogP contribution is -2.40. The number of carbonyl (C=O) groups excluding carboxylic acids is 2. The Hall–Kier alpha value is -4.60. The summed E-state index contributed by atoms with van der Waals surface area (Å²) < 4.78 is 25.3. The third kappa shape index (κ3) is 4.80. The average molecular weight is 572 g/mol. The van der Waals surface area contributed by atoms with E-state index in [0.717, 1.165) is 35.5 Å². The number of nitrogens with one attached hydrogen (secondary N) is 2. The van der Waals surface area contributed by atoms with Gasteiger partial charge in [0.25, 0.3) is 5.91 Å². The number of pyridine rings is 1. The van der Waals surface area contributed by atoms with Crippen LogP contribution in [0.5, 0.6) is 11.5 Å². The number of amides is 2. The maximum Gasteiger partial charge on any atom is 0.251 e. The maximum absolute atomic E-state index is 13.8. The Labute approximate surface area is 243 Å². The number of methoxy groups -OCH3 is 1. The molecule has 10 heteroatoms. The minimum absolute atomic E-state index is 0.0978. The number of benzene rings is 2. The lowest BCUT2D eigenvalue weighted by atomic mass is 9.82. The molecule has 218 valence electrons. The topological polar surface area (TPSA) is 119 Å². The molecular formula is C32H34FN5O4. The van der Waals surface area contributed by atoms with Crippen molar-refractivity contribution in [1.82, 2.24) is 15.3 Å². The Bertz CT molecular complexity index is 1620. The van der Waals surface area contributed by atoms with Crippen molar-refractivity contribution in [2.45, 2.75) is 38.0 Å². The molecule has 1 saturated carbocycles. The minimum atomic E-state index is -1.04. The first-order valence-corrected chi connectivity index (χ1v) is 14.0. The van der Waals surface area contributed by atoms with Crippen LogP contribution in [0.15, 0.2) is 48.2 Å². The standard InChI is InChI=1S/C32H34FN5O4/c1-17-11-20-12-21(13-26(41-4)27(20)37-38(17)3)30(39)35-15-23(18-5-6-18)25-14-24-29(42-16-32(24,2)31(34)40)28(36-25)19-7-9-22(33)10-8-19/h7-14,18,23,37H,5-6,15-16H2,1-4H3,(H2,34,40)(H,35,39)/t23-,32-/m0/s1. The predicted octanol–water partition coefficient (Wildman–Crippen LogP) is 4.59. The third-order valence-corrected chi connectivity index (χ3v) is 8.60. The first-order chi connectivity index (χ1) is 20.1. The van der Waals surface area contributed by atoms with Gasteiger partial charge in [-0.15, -0.1) is 0 Å². The highest BCUT2D eigenvalue weighted by atomic mass is 19.1. The van der Waals surface area contributed by atoms with Crippen molar-refractivity contribution in [2.75, 3.05) is 32.7 Å². The highest BCUT2D eigenvalue weighted by Crippen LogP contribution is 2.48. The van der Waals surface area contributed by atoms with E-state index >= 15 is 0 Å². The molecule has 1 aromatic heterocycles. The number of aromatic nitrogens is 1. The molecule has 3 heterocycles. The number of ether oxygens (including phenoxy) is 2. The van der Waals surface area contributed by atoms with Crippen molar-refractivity contribution in [3.05, 3.63) is 76.4 Å². The maximum atomic E-state index is 13.8. The number of allylic oxidation sites excluding steroid dienone is 1. The SMILES string of the molecule is COc1cc(C(=O)NC[C@H](c2cc3c(c(-c4ccc(F)cc4)n2)OC[C@]3(C)C(N)=O)C2CC2)cc2c1NN(C)C(C)=C2. The summed E-state index contributed by atoms with van der Waals surface area (Å²) in [6.07, 6.45) is 4.01. The van der Waals surface area contributed by atoms with E-state index in [-0.39, 0.29) is 24.2 Å². The van der Waals surface area contributed by atoms with Crippen LogP contribution >= 0.6 is 0 Å². The molecule has 1 fully saturated rings. The fourth-order valence-corrected chi connectivity index (χ4v) is 5.66. The van der Waals surface area contributed by atoms with E-state index in [4.69, 9.17) is 20.2 Å². The molecule has 0 bridgehead atoms. The largest absolute Gasteiger partial charge is 0.494 e. The van der Waals surface area contributed by atoms with Crippen molar-refractivity contribution >= 4 is 23.6 Å². The quantitative estimate of drug-likeness (QED) is 0.362. The zero-order valence-corrected chi connectivity index (χ0v) is 24.1. The summed E-state index contributed by atoms with van der Waals surface area (Å²) in [5.74, 6) is 0.190. The van der Waals surface area contributed by atoms with Crippen molar-refractivity contribution in [3.63, 3.8) is 0 Å². The van der Waals surface area contributed by atoms with Crippen molar-refractivity contribution in [3.8, 4) is 22.8 Å². The second-order valence-electron chi connectivity index (χ2n) is 11.5. The summed E-state index contributed by atoms with van der Waals surface area (Å²) in [4.78, 5) is 31.0. The van der Waals surface area contributed by atoms with Gasteiger partial charge in [-0.3, -0.25) is 20.0 Å². The van der Waals surface area contributed by atoms with E-state index in [0.29, 0.717) is 46.3 Å². The molecule has 2 amide bonds. The number of fused-ring (bicyclic) bond motifs is 2. The first-order valence-electron chi connectivity index (χ1n) is 14.0. The first kappa shape index (κ1) is 27.6. The number of halogens is 1.